The summed E-state index contributed by atoms with van der Waals surface area (Å²) in [6.45, 7) is 3.15. The average Bonchev–Trinajstić information content (AvgIpc) is 2.37. The van der Waals surface area contributed by atoms with E-state index in [1.54, 1.807) is 7.05 Å². The number of nitrogens with zero attached hydrogens (tertiary/aromatic N) is 2. The summed E-state index contributed by atoms with van der Waals surface area (Å²) in [6, 6.07) is 3.95. The molecule has 0 aliphatic rings. The van der Waals surface area contributed by atoms with Crippen molar-refractivity contribution in [2.24, 2.45) is 0 Å². The number of nitrogen functional groups attached to an aromatic ring is 1. The van der Waals surface area contributed by atoms with Crippen LogP contribution in [0.4, 0.5) is 11.4 Å². The molecule has 0 aromatic heterocycles. The Labute approximate surface area is 111 Å². The maximum Gasteiger partial charge on any atom is 0.282 e. The number of nitro groups is 1. The summed E-state index contributed by atoms with van der Waals surface area (Å²) in [4.78, 5) is 23.8. The third-order valence-corrected chi connectivity index (χ3v) is 2.57. The number of amides is 1. The predicted octanol–water partition coefficient (Wildman–Crippen LogP) is 1.29. The topological polar surface area (TPSA) is 98.7 Å². The van der Waals surface area contributed by atoms with Crippen LogP contribution in [-0.4, -0.2) is 42.5 Å². The Morgan fingerprint density at radius 3 is 2.79 bits per heavy atom. The van der Waals surface area contributed by atoms with Crippen molar-refractivity contribution in [3.63, 3.8) is 0 Å². The van der Waals surface area contributed by atoms with Gasteiger partial charge < -0.3 is 15.4 Å². The highest BCUT2D eigenvalue weighted by Gasteiger charge is 2.22. The third kappa shape index (κ3) is 3.92. The van der Waals surface area contributed by atoms with Crippen LogP contribution in [0.15, 0.2) is 18.2 Å². The van der Waals surface area contributed by atoms with Crippen LogP contribution in [-0.2, 0) is 4.74 Å². The van der Waals surface area contributed by atoms with E-state index in [1.165, 1.54) is 23.1 Å². The molecule has 0 aliphatic heterocycles. The molecular formula is C12H17N3O4. The zero-order valence-corrected chi connectivity index (χ0v) is 11.0. The summed E-state index contributed by atoms with van der Waals surface area (Å²) >= 11 is 0. The smallest absolute Gasteiger partial charge is 0.282 e. The standard InChI is InChI=1S/C12H17N3O4/c1-3-19-7-6-14(2)12(16)10-8-9(13)4-5-11(10)15(17)18/h4-5,8H,3,6-7,13H2,1-2H3. The summed E-state index contributed by atoms with van der Waals surface area (Å²) in [6.07, 6.45) is 0. The Hall–Kier alpha value is -2.15. The van der Waals surface area contributed by atoms with E-state index < -0.39 is 10.8 Å². The Kier molecular flexibility index (Phi) is 5.25. The maximum absolute atomic E-state index is 12.1. The van der Waals surface area contributed by atoms with Gasteiger partial charge in [-0.2, -0.15) is 0 Å². The first-order chi connectivity index (χ1) is 8.97. The Morgan fingerprint density at radius 2 is 2.21 bits per heavy atom. The molecule has 0 heterocycles. The lowest BCUT2D eigenvalue weighted by molar-refractivity contribution is -0.385. The minimum absolute atomic E-state index is 0.0102. The lowest BCUT2D eigenvalue weighted by atomic mass is 10.1. The highest BCUT2D eigenvalue weighted by atomic mass is 16.6. The fourth-order valence-corrected chi connectivity index (χ4v) is 1.54. The molecule has 0 bridgehead atoms. The van der Waals surface area contributed by atoms with Gasteiger partial charge in [0.25, 0.3) is 11.6 Å². The zero-order chi connectivity index (χ0) is 14.4. The summed E-state index contributed by atoms with van der Waals surface area (Å²) in [5, 5.41) is 10.9. The van der Waals surface area contributed by atoms with Gasteiger partial charge in [-0.05, 0) is 19.1 Å². The third-order valence-electron chi connectivity index (χ3n) is 2.57. The van der Waals surface area contributed by atoms with Crippen LogP contribution >= 0.6 is 0 Å². The van der Waals surface area contributed by atoms with E-state index in [-0.39, 0.29) is 11.3 Å². The van der Waals surface area contributed by atoms with Gasteiger partial charge in [0.2, 0.25) is 0 Å². The molecule has 19 heavy (non-hydrogen) atoms. The lowest BCUT2D eigenvalue weighted by Crippen LogP contribution is -2.30. The van der Waals surface area contributed by atoms with Crippen molar-refractivity contribution >= 4 is 17.3 Å². The molecule has 0 atom stereocenters. The summed E-state index contributed by atoms with van der Waals surface area (Å²) in [5.41, 5.74) is 5.62. The molecule has 1 amide bonds. The molecule has 0 radical (unpaired) electrons. The first kappa shape index (κ1) is 14.9. The molecular weight excluding hydrogens is 250 g/mol. The average molecular weight is 267 g/mol. The number of hydrogen-bond acceptors (Lipinski definition) is 5. The second-order valence-corrected chi connectivity index (χ2v) is 3.96. The zero-order valence-electron chi connectivity index (χ0n) is 11.0. The molecule has 1 aromatic carbocycles. The van der Waals surface area contributed by atoms with E-state index in [4.69, 9.17) is 10.5 Å². The van der Waals surface area contributed by atoms with Crippen LogP contribution in [0, 0.1) is 10.1 Å². The second kappa shape index (κ2) is 6.69. The Balaban J connectivity index is 2.91. The van der Waals surface area contributed by atoms with Gasteiger partial charge in [-0.3, -0.25) is 14.9 Å². The molecule has 1 rings (SSSR count). The van der Waals surface area contributed by atoms with Crippen molar-refractivity contribution in [2.45, 2.75) is 6.92 Å². The molecule has 2 N–H and O–H groups in total. The van der Waals surface area contributed by atoms with Crippen molar-refractivity contribution in [2.75, 3.05) is 32.5 Å². The molecule has 1 aromatic rings. The highest BCUT2D eigenvalue weighted by molar-refractivity contribution is 5.98. The molecule has 7 nitrogen and oxygen atoms in total. The number of hydrogen-bond donors (Lipinski definition) is 1. The monoisotopic (exact) mass is 267 g/mol. The quantitative estimate of drug-likeness (QED) is 0.362. The normalized spacial score (nSPS) is 10.2. The van der Waals surface area contributed by atoms with E-state index in [0.717, 1.165) is 0 Å². The van der Waals surface area contributed by atoms with Crippen molar-refractivity contribution in [1.29, 1.82) is 0 Å². The Bertz CT molecular complexity index is 476. The van der Waals surface area contributed by atoms with Gasteiger partial charge in [0.15, 0.2) is 0 Å². The van der Waals surface area contributed by atoms with Gasteiger partial charge in [0.1, 0.15) is 5.56 Å². The van der Waals surface area contributed by atoms with Crippen LogP contribution in [0.25, 0.3) is 0 Å². The molecule has 0 aliphatic carbocycles. The fourth-order valence-electron chi connectivity index (χ4n) is 1.54. The largest absolute Gasteiger partial charge is 0.399 e. The maximum atomic E-state index is 12.1. The van der Waals surface area contributed by atoms with E-state index in [2.05, 4.69) is 0 Å². The van der Waals surface area contributed by atoms with Gasteiger partial charge in [-0.15, -0.1) is 0 Å². The minimum atomic E-state index is -0.594. The summed E-state index contributed by atoms with van der Waals surface area (Å²) in [7, 11) is 1.56. The molecule has 0 saturated heterocycles. The fraction of sp³-hybridized carbons (Fsp3) is 0.417. The predicted molar refractivity (Wildman–Crippen MR) is 71.0 cm³/mol. The molecule has 0 saturated carbocycles. The number of ether oxygens (including phenoxy) is 1. The van der Waals surface area contributed by atoms with E-state index in [0.29, 0.717) is 25.4 Å². The SMILES string of the molecule is CCOCCN(C)C(=O)c1cc(N)ccc1[N+](=O)[O-]. The Morgan fingerprint density at radius 1 is 1.53 bits per heavy atom. The van der Waals surface area contributed by atoms with Gasteiger partial charge in [0.05, 0.1) is 11.5 Å². The van der Waals surface area contributed by atoms with Gasteiger partial charge in [-0.1, -0.05) is 0 Å². The number of likely N-dealkylation sites (N-methyl/N-ethyl adjacent to an activating group) is 1. The van der Waals surface area contributed by atoms with Gasteiger partial charge >= 0.3 is 0 Å². The van der Waals surface area contributed by atoms with Crippen LogP contribution in [0.5, 0.6) is 0 Å². The number of benzene rings is 1. The van der Waals surface area contributed by atoms with Crippen molar-refractivity contribution in [3.8, 4) is 0 Å². The number of carbonyl (C=O) groups is 1. The van der Waals surface area contributed by atoms with E-state index in [9.17, 15) is 14.9 Å². The summed E-state index contributed by atoms with van der Waals surface area (Å²) in [5.74, 6) is -0.446. The molecule has 0 unspecified atom stereocenters. The van der Waals surface area contributed by atoms with Crippen molar-refractivity contribution < 1.29 is 14.5 Å². The van der Waals surface area contributed by atoms with Crippen LogP contribution in [0.2, 0.25) is 0 Å². The van der Waals surface area contributed by atoms with E-state index in [1.807, 2.05) is 6.92 Å². The minimum Gasteiger partial charge on any atom is -0.399 e. The van der Waals surface area contributed by atoms with Gasteiger partial charge in [-0.25, -0.2) is 0 Å². The van der Waals surface area contributed by atoms with Crippen LogP contribution in [0.1, 0.15) is 17.3 Å². The van der Waals surface area contributed by atoms with E-state index >= 15 is 0 Å². The van der Waals surface area contributed by atoms with Crippen molar-refractivity contribution in [3.05, 3.63) is 33.9 Å². The molecule has 0 spiro atoms. The lowest BCUT2D eigenvalue weighted by Gasteiger charge is -2.17. The number of anilines is 1. The van der Waals surface area contributed by atoms with Gasteiger partial charge in [0, 0.05) is 32.0 Å². The number of carbonyl (C=O) groups excluding carboxylic acids is 1. The van der Waals surface area contributed by atoms with Crippen LogP contribution < -0.4 is 5.73 Å². The number of nitro benzene ring substituents is 1. The molecule has 0 fully saturated rings. The van der Waals surface area contributed by atoms with Crippen molar-refractivity contribution in [1.82, 2.24) is 4.90 Å². The van der Waals surface area contributed by atoms with Crippen LogP contribution in [0.3, 0.4) is 0 Å². The molecule has 7 heteroatoms. The first-order valence-electron chi connectivity index (χ1n) is 5.84. The number of nitrogens with two attached hydrogens (primary N) is 1. The highest BCUT2D eigenvalue weighted by Crippen LogP contribution is 2.22. The number of rotatable bonds is 6. The second-order valence-electron chi connectivity index (χ2n) is 3.96. The summed E-state index contributed by atoms with van der Waals surface area (Å²) < 4.78 is 5.14. The first-order valence-corrected chi connectivity index (χ1v) is 5.84. The molecule has 104 valence electrons.